The minimum Gasteiger partial charge on any atom is -0.369 e. The summed E-state index contributed by atoms with van der Waals surface area (Å²) in [5, 5.41) is 0. The number of nitrogens with zero attached hydrogens (tertiary/aromatic N) is 5. The van der Waals surface area contributed by atoms with Crippen LogP contribution in [0, 0.1) is 0 Å². The zero-order valence-electron chi connectivity index (χ0n) is 15.2. The van der Waals surface area contributed by atoms with Gasteiger partial charge in [-0.1, -0.05) is 18.2 Å². The Hall–Kier alpha value is -1.85. The molecule has 5 heteroatoms. The number of likely N-dealkylation sites (tertiary alicyclic amines) is 1. The van der Waals surface area contributed by atoms with Gasteiger partial charge in [-0.3, -0.25) is 9.80 Å². The monoisotopic (exact) mass is 339 g/mol. The van der Waals surface area contributed by atoms with Crippen molar-refractivity contribution in [1.82, 2.24) is 19.4 Å². The minimum absolute atomic E-state index is 0.701. The average Bonchev–Trinajstić information content (AvgIpc) is 3.07. The van der Waals surface area contributed by atoms with Gasteiger partial charge < -0.3 is 9.47 Å². The Labute approximate surface area is 150 Å². The van der Waals surface area contributed by atoms with Crippen LogP contribution in [0.3, 0.4) is 0 Å². The molecule has 0 spiro atoms. The number of anilines is 1. The molecule has 0 bridgehead atoms. The van der Waals surface area contributed by atoms with Crippen molar-refractivity contribution in [3.05, 3.63) is 48.5 Å². The Morgan fingerprint density at radius 1 is 1.04 bits per heavy atom. The highest BCUT2D eigenvalue weighted by atomic mass is 15.3. The van der Waals surface area contributed by atoms with Crippen LogP contribution in [0.15, 0.2) is 42.7 Å². The Bertz CT molecular complexity index is 660. The van der Waals surface area contributed by atoms with Gasteiger partial charge in [-0.15, -0.1) is 0 Å². The Morgan fingerprint density at radius 3 is 2.56 bits per heavy atom. The maximum atomic E-state index is 4.49. The molecular formula is C20H29N5. The van der Waals surface area contributed by atoms with Crippen LogP contribution >= 0.6 is 0 Å². The van der Waals surface area contributed by atoms with Gasteiger partial charge in [0.15, 0.2) is 0 Å². The molecule has 2 aliphatic rings. The van der Waals surface area contributed by atoms with Crippen LogP contribution < -0.4 is 4.90 Å². The van der Waals surface area contributed by atoms with E-state index in [1.807, 2.05) is 12.4 Å². The lowest BCUT2D eigenvalue weighted by Crippen LogP contribution is -2.55. The van der Waals surface area contributed by atoms with Crippen molar-refractivity contribution >= 4 is 5.69 Å². The van der Waals surface area contributed by atoms with Crippen LogP contribution in [-0.2, 0) is 13.6 Å². The van der Waals surface area contributed by atoms with Crippen molar-refractivity contribution in [2.24, 2.45) is 7.05 Å². The highest BCUT2D eigenvalue weighted by Gasteiger charge is 2.28. The first-order valence-electron chi connectivity index (χ1n) is 9.52. The molecule has 0 saturated carbocycles. The van der Waals surface area contributed by atoms with Crippen molar-refractivity contribution in [2.45, 2.75) is 25.4 Å². The van der Waals surface area contributed by atoms with E-state index in [1.165, 1.54) is 50.5 Å². The molecule has 5 nitrogen and oxygen atoms in total. The summed E-state index contributed by atoms with van der Waals surface area (Å²) in [5.74, 6) is 1.18. The third kappa shape index (κ3) is 3.88. The van der Waals surface area contributed by atoms with Gasteiger partial charge in [-0.2, -0.15) is 0 Å². The molecule has 3 heterocycles. The van der Waals surface area contributed by atoms with E-state index in [1.54, 1.807) is 0 Å². The highest BCUT2D eigenvalue weighted by Crippen LogP contribution is 2.21. The predicted octanol–water partition coefficient (Wildman–Crippen LogP) is 2.21. The highest BCUT2D eigenvalue weighted by molar-refractivity contribution is 5.46. The van der Waals surface area contributed by atoms with Crippen molar-refractivity contribution in [1.29, 1.82) is 0 Å². The fraction of sp³-hybridized carbons (Fsp3) is 0.550. The molecule has 1 aromatic heterocycles. The maximum absolute atomic E-state index is 4.49. The Balaban J connectivity index is 1.31. The molecule has 2 aliphatic heterocycles. The van der Waals surface area contributed by atoms with Crippen molar-refractivity contribution < 1.29 is 0 Å². The predicted molar refractivity (Wildman–Crippen MR) is 102 cm³/mol. The van der Waals surface area contributed by atoms with Crippen LogP contribution in [-0.4, -0.2) is 64.7 Å². The van der Waals surface area contributed by atoms with Gasteiger partial charge in [0.2, 0.25) is 0 Å². The summed E-state index contributed by atoms with van der Waals surface area (Å²) in [6.07, 6.45) is 6.58. The van der Waals surface area contributed by atoms with Gasteiger partial charge in [0, 0.05) is 63.9 Å². The molecular weight excluding hydrogens is 310 g/mol. The second kappa shape index (κ2) is 7.58. The molecule has 0 N–H and O–H groups in total. The zero-order chi connectivity index (χ0) is 17.1. The van der Waals surface area contributed by atoms with E-state index in [4.69, 9.17) is 0 Å². The van der Waals surface area contributed by atoms with E-state index < -0.39 is 0 Å². The SMILES string of the molecule is Cn1ccnc1CN1CCCC(N2CCN(c3ccccc3)CC2)C1. The first-order chi connectivity index (χ1) is 12.3. The second-order valence-electron chi connectivity index (χ2n) is 7.34. The van der Waals surface area contributed by atoms with Crippen LogP contribution in [0.1, 0.15) is 18.7 Å². The smallest absolute Gasteiger partial charge is 0.122 e. The summed E-state index contributed by atoms with van der Waals surface area (Å²) in [4.78, 5) is 12.3. The molecule has 1 aromatic carbocycles. The quantitative estimate of drug-likeness (QED) is 0.854. The second-order valence-corrected chi connectivity index (χ2v) is 7.34. The zero-order valence-corrected chi connectivity index (χ0v) is 15.2. The Kier molecular flexibility index (Phi) is 5.04. The maximum Gasteiger partial charge on any atom is 0.122 e. The van der Waals surface area contributed by atoms with Gasteiger partial charge in [0.05, 0.1) is 6.54 Å². The third-order valence-electron chi connectivity index (χ3n) is 5.72. The number of benzene rings is 1. The number of aryl methyl sites for hydroxylation is 1. The molecule has 2 aromatic rings. The Morgan fingerprint density at radius 2 is 1.84 bits per heavy atom. The molecule has 4 rings (SSSR count). The average molecular weight is 339 g/mol. The molecule has 0 amide bonds. The van der Waals surface area contributed by atoms with Crippen molar-refractivity contribution in [3.63, 3.8) is 0 Å². The molecule has 25 heavy (non-hydrogen) atoms. The van der Waals surface area contributed by atoms with Gasteiger partial charge in [-0.05, 0) is 31.5 Å². The summed E-state index contributed by atoms with van der Waals surface area (Å²) >= 11 is 0. The molecule has 0 aliphatic carbocycles. The van der Waals surface area contributed by atoms with Crippen molar-refractivity contribution in [3.8, 4) is 0 Å². The number of piperidine rings is 1. The van der Waals surface area contributed by atoms with Gasteiger partial charge >= 0.3 is 0 Å². The van der Waals surface area contributed by atoms with Gasteiger partial charge in [0.25, 0.3) is 0 Å². The lowest BCUT2D eigenvalue weighted by atomic mass is 10.0. The number of aromatic nitrogens is 2. The van der Waals surface area contributed by atoms with Crippen LogP contribution in [0.25, 0.3) is 0 Å². The summed E-state index contributed by atoms with van der Waals surface area (Å²) in [6, 6.07) is 11.5. The number of para-hydroxylation sites is 1. The molecule has 1 atom stereocenters. The van der Waals surface area contributed by atoms with E-state index in [-0.39, 0.29) is 0 Å². The molecule has 0 radical (unpaired) electrons. The summed E-state index contributed by atoms with van der Waals surface area (Å²) < 4.78 is 2.14. The fourth-order valence-electron chi connectivity index (χ4n) is 4.21. The summed E-state index contributed by atoms with van der Waals surface area (Å²) in [5.41, 5.74) is 1.36. The first kappa shape index (κ1) is 16.6. The summed E-state index contributed by atoms with van der Waals surface area (Å²) in [7, 11) is 2.09. The standard InChI is InChI=1S/C20H29N5/c1-22-11-9-21-20(22)17-23-10-5-8-19(16-23)25-14-12-24(13-15-25)18-6-3-2-4-7-18/h2-4,6-7,9,11,19H,5,8,10,12-17H2,1H3. The topological polar surface area (TPSA) is 27.5 Å². The van der Waals surface area contributed by atoms with Crippen molar-refractivity contribution in [2.75, 3.05) is 44.2 Å². The number of imidazole rings is 1. The number of hydrogen-bond acceptors (Lipinski definition) is 4. The normalized spacial score (nSPS) is 23.1. The number of hydrogen-bond donors (Lipinski definition) is 0. The third-order valence-corrected chi connectivity index (χ3v) is 5.72. The lowest BCUT2D eigenvalue weighted by Gasteiger charge is -2.44. The molecule has 2 saturated heterocycles. The minimum atomic E-state index is 0.701. The van der Waals surface area contributed by atoms with Crippen LogP contribution in [0.4, 0.5) is 5.69 Å². The van der Waals surface area contributed by atoms with E-state index in [0.717, 1.165) is 19.6 Å². The van der Waals surface area contributed by atoms with Crippen LogP contribution in [0.2, 0.25) is 0 Å². The summed E-state index contributed by atoms with van der Waals surface area (Å²) in [6.45, 7) is 7.99. The molecule has 1 unspecified atom stereocenters. The lowest BCUT2D eigenvalue weighted by molar-refractivity contribution is 0.0869. The van der Waals surface area contributed by atoms with Gasteiger partial charge in [-0.25, -0.2) is 4.98 Å². The number of rotatable bonds is 4. The van der Waals surface area contributed by atoms with E-state index >= 15 is 0 Å². The molecule has 134 valence electrons. The molecule has 2 fully saturated rings. The number of piperazine rings is 1. The van der Waals surface area contributed by atoms with Crippen LogP contribution in [0.5, 0.6) is 0 Å². The fourth-order valence-corrected chi connectivity index (χ4v) is 4.21. The van der Waals surface area contributed by atoms with E-state index in [0.29, 0.717) is 6.04 Å². The largest absolute Gasteiger partial charge is 0.369 e. The van der Waals surface area contributed by atoms with E-state index in [2.05, 4.69) is 61.6 Å². The van der Waals surface area contributed by atoms with E-state index in [9.17, 15) is 0 Å². The first-order valence-corrected chi connectivity index (χ1v) is 9.52. The van der Waals surface area contributed by atoms with Gasteiger partial charge in [0.1, 0.15) is 5.82 Å².